The number of ether oxygens (including phenoxy) is 1. The summed E-state index contributed by atoms with van der Waals surface area (Å²) in [7, 11) is 0. The molecule has 5 nitrogen and oxygen atoms in total. The van der Waals surface area contributed by atoms with Crippen LogP contribution < -0.4 is 4.74 Å². The van der Waals surface area contributed by atoms with Gasteiger partial charge in [-0.15, -0.1) is 0 Å². The molecule has 3 aliphatic rings. The molecule has 0 saturated carbocycles. The second-order valence-corrected chi connectivity index (χ2v) is 9.79. The zero-order valence-corrected chi connectivity index (χ0v) is 19.5. The maximum atomic E-state index is 11.9. The number of fused-ring (bicyclic) bond motifs is 5. The lowest BCUT2D eigenvalue weighted by Gasteiger charge is -2.51. The summed E-state index contributed by atoms with van der Waals surface area (Å²) in [6, 6.07) is 21.3. The molecule has 0 bridgehead atoms. The zero-order chi connectivity index (χ0) is 21.9. The van der Waals surface area contributed by atoms with E-state index in [-0.39, 0.29) is 11.9 Å². The molecular weight excluding hydrogens is 466 g/mol. The van der Waals surface area contributed by atoms with E-state index in [0.29, 0.717) is 13.1 Å². The van der Waals surface area contributed by atoms with Gasteiger partial charge in [0, 0.05) is 54.9 Å². The van der Waals surface area contributed by atoms with Crippen molar-refractivity contribution in [3.8, 4) is 5.75 Å². The van der Waals surface area contributed by atoms with Crippen LogP contribution in [0, 0.1) is 0 Å². The number of nitrogens with zero attached hydrogens (tertiary/aromatic N) is 3. The molecule has 6 rings (SSSR count). The van der Waals surface area contributed by atoms with E-state index >= 15 is 0 Å². The highest BCUT2D eigenvalue weighted by molar-refractivity contribution is 9.10. The Kier molecular flexibility index (Phi) is 4.54. The average molecular weight is 490 g/mol. The van der Waals surface area contributed by atoms with Crippen LogP contribution in [0.2, 0.25) is 0 Å². The number of hydrogen-bond acceptors (Lipinski definition) is 4. The smallest absolute Gasteiger partial charge is 0.219 e. The van der Waals surface area contributed by atoms with Gasteiger partial charge in [0.25, 0.3) is 0 Å². The highest BCUT2D eigenvalue weighted by Crippen LogP contribution is 2.50. The minimum Gasteiger partial charge on any atom is -0.466 e. The Morgan fingerprint density at radius 1 is 1.09 bits per heavy atom. The summed E-state index contributed by atoms with van der Waals surface area (Å²) < 4.78 is 7.73. The number of hydrogen-bond donors (Lipinski definition) is 0. The third-order valence-electron chi connectivity index (χ3n) is 7.05. The largest absolute Gasteiger partial charge is 0.466 e. The Bertz CT molecular complexity index is 1260. The van der Waals surface area contributed by atoms with Gasteiger partial charge >= 0.3 is 0 Å². The third-order valence-corrected chi connectivity index (χ3v) is 7.54. The Balaban J connectivity index is 1.45. The summed E-state index contributed by atoms with van der Waals surface area (Å²) in [6.07, 6.45) is 2.31. The van der Waals surface area contributed by atoms with E-state index in [2.05, 4.69) is 75.5 Å². The van der Waals surface area contributed by atoms with Gasteiger partial charge < -0.3 is 9.64 Å². The van der Waals surface area contributed by atoms with Gasteiger partial charge in [0.1, 0.15) is 5.75 Å². The van der Waals surface area contributed by atoms with E-state index in [9.17, 15) is 4.79 Å². The van der Waals surface area contributed by atoms with Crippen molar-refractivity contribution in [2.75, 3.05) is 13.1 Å². The van der Waals surface area contributed by atoms with Crippen molar-refractivity contribution in [2.24, 2.45) is 5.10 Å². The lowest BCUT2D eigenvalue weighted by Crippen LogP contribution is -2.59. The standard InChI is InChI=1S/C26H24BrN3O2/c1-17(31)29-13-11-26(12-14-29)30-24(22-15-19(27)9-10-25(22)32-26)16-23(28-30)21-8-4-6-18-5-2-3-7-20(18)21/h2-10,15,24H,11-14,16H2,1H3/t24-/m0/s1. The number of carbonyl (C=O) groups is 1. The molecule has 3 heterocycles. The van der Waals surface area contributed by atoms with Gasteiger partial charge in [-0.2, -0.15) is 5.10 Å². The van der Waals surface area contributed by atoms with E-state index < -0.39 is 5.72 Å². The molecule has 1 fully saturated rings. The van der Waals surface area contributed by atoms with E-state index in [1.54, 1.807) is 6.92 Å². The number of likely N-dealkylation sites (tertiary alicyclic amines) is 1. The van der Waals surface area contributed by atoms with Crippen LogP contribution in [0.3, 0.4) is 0 Å². The highest BCUT2D eigenvalue weighted by Gasteiger charge is 2.52. The molecule has 1 atom stereocenters. The number of halogens is 1. The number of rotatable bonds is 1. The fourth-order valence-corrected chi connectivity index (χ4v) is 5.77. The molecule has 3 aliphatic heterocycles. The van der Waals surface area contributed by atoms with E-state index in [1.165, 1.54) is 16.3 Å². The molecule has 0 radical (unpaired) electrons. The van der Waals surface area contributed by atoms with Crippen LogP contribution >= 0.6 is 15.9 Å². The molecule has 32 heavy (non-hydrogen) atoms. The molecule has 0 aromatic heterocycles. The Hall–Kier alpha value is -2.86. The summed E-state index contributed by atoms with van der Waals surface area (Å²) >= 11 is 3.64. The third kappa shape index (κ3) is 3.04. The zero-order valence-electron chi connectivity index (χ0n) is 17.9. The Labute approximate surface area is 195 Å². The van der Waals surface area contributed by atoms with E-state index in [4.69, 9.17) is 9.84 Å². The van der Waals surface area contributed by atoms with Crippen molar-refractivity contribution in [2.45, 2.75) is 38.0 Å². The van der Waals surface area contributed by atoms with Crippen LogP contribution in [0.25, 0.3) is 10.8 Å². The van der Waals surface area contributed by atoms with E-state index in [1.807, 2.05) is 11.0 Å². The predicted molar refractivity (Wildman–Crippen MR) is 129 cm³/mol. The minimum absolute atomic E-state index is 0.120. The summed E-state index contributed by atoms with van der Waals surface area (Å²) in [5.74, 6) is 1.05. The molecule has 3 aromatic carbocycles. The van der Waals surface area contributed by atoms with Gasteiger partial charge in [0.2, 0.25) is 11.6 Å². The highest BCUT2D eigenvalue weighted by atomic mass is 79.9. The van der Waals surface area contributed by atoms with Crippen molar-refractivity contribution >= 4 is 38.3 Å². The fraction of sp³-hybridized carbons (Fsp3) is 0.308. The van der Waals surface area contributed by atoms with Gasteiger partial charge in [-0.3, -0.25) is 4.79 Å². The molecule has 162 valence electrons. The van der Waals surface area contributed by atoms with Gasteiger partial charge in [-0.05, 0) is 29.0 Å². The van der Waals surface area contributed by atoms with Gasteiger partial charge in [0.15, 0.2) is 0 Å². The molecule has 6 heteroatoms. The minimum atomic E-state index is -0.524. The maximum Gasteiger partial charge on any atom is 0.219 e. The first kappa shape index (κ1) is 19.8. The van der Waals surface area contributed by atoms with Gasteiger partial charge in [-0.25, -0.2) is 5.01 Å². The summed E-state index contributed by atoms with van der Waals surface area (Å²) in [5.41, 5.74) is 2.92. The average Bonchev–Trinajstić information content (AvgIpc) is 3.26. The van der Waals surface area contributed by atoms with Crippen molar-refractivity contribution in [3.63, 3.8) is 0 Å². The summed E-state index contributed by atoms with van der Waals surface area (Å²) in [5, 5.41) is 9.87. The van der Waals surface area contributed by atoms with Crippen molar-refractivity contribution < 1.29 is 9.53 Å². The number of amides is 1. The lowest BCUT2D eigenvalue weighted by molar-refractivity contribution is -0.158. The van der Waals surface area contributed by atoms with E-state index in [0.717, 1.165) is 40.8 Å². The number of carbonyl (C=O) groups excluding carboxylic acids is 1. The monoisotopic (exact) mass is 489 g/mol. The van der Waals surface area contributed by atoms with Crippen LogP contribution in [0.1, 0.15) is 43.4 Å². The van der Waals surface area contributed by atoms with Crippen LogP contribution in [-0.4, -0.2) is 40.3 Å². The summed E-state index contributed by atoms with van der Waals surface area (Å²) in [6.45, 7) is 3.01. The lowest BCUT2D eigenvalue weighted by atomic mass is 9.90. The molecule has 0 unspecified atom stereocenters. The second kappa shape index (κ2) is 7.34. The van der Waals surface area contributed by atoms with Crippen molar-refractivity contribution in [1.82, 2.24) is 9.91 Å². The topological polar surface area (TPSA) is 45.1 Å². The van der Waals surface area contributed by atoms with Crippen molar-refractivity contribution in [1.29, 1.82) is 0 Å². The molecular formula is C26H24BrN3O2. The fourth-order valence-electron chi connectivity index (χ4n) is 5.39. The first-order chi connectivity index (χ1) is 15.5. The number of benzene rings is 3. The molecule has 1 amide bonds. The Morgan fingerprint density at radius 2 is 1.88 bits per heavy atom. The first-order valence-corrected chi connectivity index (χ1v) is 11.9. The first-order valence-electron chi connectivity index (χ1n) is 11.1. The van der Waals surface area contributed by atoms with Crippen LogP contribution in [0.5, 0.6) is 5.75 Å². The van der Waals surface area contributed by atoms with Gasteiger partial charge in [-0.1, -0.05) is 58.4 Å². The van der Waals surface area contributed by atoms with Crippen molar-refractivity contribution in [3.05, 3.63) is 76.3 Å². The second-order valence-electron chi connectivity index (χ2n) is 8.87. The molecule has 1 spiro atoms. The quantitative estimate of drug-likeness (QED) is 0.454. The molecule has 1 saturated heterocycles. The van der Waals surface area contributed by atoms with Crippen LogP contribution in [0.15, 0.2) is 70.2 Å². The maximum absolute atomic E-state index is 11.9. The molecule has 0 aliphatic carbocycles. The molecule has 0 N–H and O–H groups in total. The normalized spacial score (nSPS) is 21.2. The summed E-state index contributed by atoms with van der Waals surface area (Å²) in [4.78, 5) is 13.8. The van der Waals surface area contributed by atoms with Crippen LogP contribution in [-0.2, 0) is 4.79 Å². The van der Waals surface area contributed by atoms with Crippen LogP contribution in [0.4, 0.5) is 0 Å². The number of hydrazone groups is 1. The number of piperidine rings is 1. The van der Waals surface area contributed by atoms with Gasteiger partial charge in [0.05, 0.1) is 11.8 Å². The molecule has 3 aromatic rings. The predicted octanol–water partition coefficient (Wildman–Crippen LogP) is 5.48. The Morgan fingerprint density at radius 3 is 2.69 bits per heavy atom. The SMILES string of the molecule is CC(=O)N1CCC2(CC1)Oc1ccc(Br)cc1[C@@H]1CC(c3cccc4ccccc34)=NN12.